The van der Waals surface area contributed by atoms with Crippen molar-refractivity contribution in [3.8, 4) is 0 Å². The number of hydrogen-bond donors (Lipinski definition) is 4. The molecule has 2 aliphatic heterocycles. The molecule has 1 amide bonds. The Kier molecular flexibility index (Phi) is 10.4. The minimum Gasteiger partial charge on any atom is -0.443 e. The van der Waals surface area contributed by atoms with Gasteiger partial charge in [0.2, 0.25) is 9.99 Å². The van der Waals surface area contributed by atoms with Crippen LogP contribution < -0.4 is 11.1 Å². The first-order valence-electron chi connectivity index (χ1n) is 15.0. The number of fused-ring (bicyclic) bond motifs is 2. The van der Waals surface area contributed by atoms with Gasteiger partial charge in [-0.15, -0.1) is 0 Å². The van der Waals surface area contributed by atoms with Crippen molar-refractivity contribution >= 4 is 27.2 Å². The highest BCUT2D eigenvalue weighted by atomic mass is 32.2. The predicted octanol–water partition coefficient (Wildman–Crippen LogP) is 3.76. The summed E-state index contributed by atoms with van der Waals surface area (Å²) in [5.74, 6) is -0.0453. The lowest BCUT2D eigenvalue weighted by Crippen LogP contribution is -2.52. The molecule has 0 spiro atoms. The van der Waals surface area contributed by atoms with Crippen molar-refractivity contribution in [3.63, 3.8) is 0 Å². The molecule has 6 atom stereocenters. The van der Waals surface area contributed by atoms with E-state index < -0.39 is 44.7 Å². The van der Waals surface area contributed by atoms with Crippen LogP contribution in [-0.4, -0.2) is 81.7 Å². The molecule has 2 aromatic carbocycles. The third kappa shape index (κ3) is 7.83. The van der Waals surface area contributed by atoms with Crippen molar-refractivity contribution in [1.29, 1.82) is 0 Å². The van der Waals surface area contributed by atoms with Crippen molar-refractivity contribution in [2.75, 3.05) is 32.8 Å². The van der Waals surface area contributed by atoms with Gasteiger partial charge < -0.3 is 39.2 Å². The maximum Gasteiger partial charge on any atom is 0.407 e. The molecular formula is C31H43N3O9S. The van der Waals surface area contributed by atoms with E-state index >= 15 is 0 Å². The van der Waals surface area contributed by atoms with Gasteiger partial charge in [0, 0.05) is 13.1 Å². The third-order valence-corrected chi connectivity index (χ3v) is 9.74. The zero-order valence-electron chi connectivity index (χ0n) is 25.1. The molecule has 3 heterocycles. The third-order valence-electron chi connectivity index (χ3n) is 8.17. The largest absolute Gasteiger partial charge is 0.443 e. The number of nitrogens with zero attached hydrogens (tertiary/aromatic N) is 1. The first-order chi connectivity index (χ1) is 21.1. The zero-order chi connectivity index (χ0) is 31.3. The van der Waals surface area contributed by atoms with Crippen molar-refractivity contribution in [1.82, 2.24) is 9.62 Å². The van der Waals surface area contributed by atoms with Gasteiger partial charge in [0.25, 0.3) is 0 Å². The summed E-state index contributed by atoms with van der Waals surface area (Å²) in [6, 6.07) is 15.3. The Morgan fingerprint density at radius 1 is 1.14 bits per heavy atom. The average Bonchev–Trinajstić information content (AvgIpc) is 3.73. The lowest BCUT2D eigenvalue weighted by Gasteiger charge is -2.35. The van der Waals surface area contributed by atoms with Crippen LogP contribution >= 0.6 is 0 Å². The summed E-state index contributed by atoms with van der Waals surface area (Å²) in [5, 5.41) is 14.5. The SMILES string of the molecule is CC(C)(CCCN)CN(C[C@@H](O)[C@H](Cc1ccccc1)NC(=O)OC1COC2OCCC12)S(=O)(O)=c1oc2ccccc2o1. The molecular weight excluding hydrogens is 590 g/mol. The Hall–Kier alpha value is -2.91. The first-order valence-corrected chi connectivity index (χ1v) is 16.5. The number of carbonyl (C=O) groups is 1. The van der Waals surface area contributed by atoms with Gasteiger partial charge in [0.05, 0.1) is 31.3 Å². The summed E-state index contributed by atoms with van der Waals surface area (Å²) >= 11 is 0. The number of amides is 1. The molecule has 0 aliphatic carbocycles. The summed E-state index contributed by atoms with van der Waals surface area (Å²) in [6.45, 7) is 5.01. The lowest BCUT2D eigenvalue weighted by atomic mass is 9.87. The predicted molar refractivity (Wildman–Crippen MR) is 163 cm³/mol. The molecule has 12 nitrogen and oxygen atoms in total. The monoisotopic (exact) mass is 633 g/mol. The van der Waals surface area contributed by atoms with Crippen LogP contribution in [0.2, 0.25) is 0 Å². The van der Waals surface area contributed by atoms with E-state index in [4.69, 9.17) is 28.8 Å². The van der Waals surface area contributed by atoms with E-state index in [2.05, 4.69) is 5.32 Å². The summed E-state index contributed by atoms with van der Waals surface area (Å²) in [6.07, 6.45) is -0.474. The number of rotatable bonds is 13. The highest BCUT2D eigenvalue weighted by molar-refractivity contribution is 7.87. The molecule has 0 radical (unpaired) electrons. The fraction of sp³-hybridized carbons (Fsp3) is 0.548. The Bertz CT molecular complexity index is 1510. The fourth-order valence-electron chi connectivity index (χ4n) is 5.78. The molecule has 5 N–H and O–H groups in total. The standard InChI is InChI=1S/C31H43N3O9S/c1-31(2,14-8-15-32)20-34(44(37,38)30-42-25-11-6-7-12-26(25)43-30)18-24(35)23(17-21-9-4-3-5-10-21)33-29(36)41-27-19-40-28-22(27)13-16-39-28/h3-7,9-12,22-24,27-28,35H,8,13-20,32H2,1-2H3,(H,33,36)(H,37,38)/t22?,23-,24+,27?,28?/m0/s1. The summed E-state index contributed by atoms with van der Waals surface area (Å²) in [7, 11) is -4.10. The van der Waals surface area contributed by atoms with Gasteiger partial charge >= 0.3 is 11.0 Å². The Balaban J connectivity index is 1.42. The maximum absolute atomic E-state index is 14.1. The molecule has 3 aromatic rings. The van der Waals surface area contributed by atoms with Crippen molar-refractivity contribution in [2.24, 2.45) is 17.1 Å². The van der Waals surface area contributed by atoms with Crippen LogP contribution in [-0.2, 0) is 30.6 Å². The van der Waals surface area contributed by atoms with E-state index in [1.807, 2.05) is 44.2 Å². The van der Waals surface area contributed by atoms with E-state index in [-0.39, 0.29) is 38.3 Å². The summed E-state index contributed by atoms with van der Waals surface area (Å²) < 4.78 is 55.1. The van der Waals surface area contributed by atoms with Gasteiger partial charge in [0.1, 0.15) is 6.10 Å². The van der Waals surface area contributed by atoms with Crippen LogP contribution in [0, 0.1) is 16.2 Å². The summed E-state index contributed by atoms with van der Waals surface area (Å²) in [4.78, 5) is 12.7. The van der Waals surface area contributed by atoms with E-state index in [9.17, 15) is 18.7 Å². The zero-order valence-corrected chi connectivity index (χ0v) is 25.9. The molecule has 1 aromatic heterocycles. The molecule has 242 valence electrons. The topological polar surface area (TPSA) is 170 Å². The Labute approximate surface area is 257 Å². The molecule has 2 aliphatic rings. The summed E-state index contributed by atoms with van der Waals surface area (Å²) in [5.41, 5.74) is 6.80. The fourth-order valence-corrected chi connectivity index (χ4v) is 7.27. The van der Waals surface area contributed by atoms with Crippen LogP contribution in [0.4, 0.5) is 4.79 Å². The minimum atomic E-state index is -4.10. The van der Waals surface area contributed by atoms with E-state index in [0.717, 1.165) is 12.0 Å². The number of carbonyl (C=O) groups excluding carboxylic acids is 1. The second kappa shape index (κ2) is 14.0. The van der Waals surface area contributed by atoms with Crippen molar-refractivity contribution < 1.29 is 41.7 Å². The number of hydrogen-bond acceptors (Lipinski definition) is 9. The Morgan fingerprint density at radius 3 is 2.50 bits per heavy atom. The number of aliphatic hydroxyl groups is 1. The number of benzene rings is 2. The van der Waals surface area contributed by atoms with E-state index in [0.29, 0.717) is 37.2 Å². The van der Waals surface area contributed by atoms with Gasteiger partial charge in [-0.3, -0.25) is 4.55 Å². The number of para-hydroxylation sites is 2. The van der Waals surface area contributed by atoms with Gasteiger partial charge in [-0.2, -0.15) is 0 Å². The van der Waals surface area contributed by atoms with Gasteiger partial charge in [-0.1, -0.05) is 56.3 Å². The molecule has 2 fully saturated rings. The van der Waals surface area contributed by atoms with E-state index in [1.54, 1.807) is 24.3 Å². The van der Waals surface area contributed by atoms with Crippen LogP contribution in [0.3, 0.4) is 0 Å². The quantitative estimate of drug-likeness (QED) is 0.203. The molecule has 2 saturated heterocycles. The highest BCUT2D eigenvalue weighted by Gasteiger charge is 2.44. The van der Waals surface area contributed by atoms with Crippen LogP contribution in [0.15, 0.2) is 63.4 Å². The van der Waals surface area contributed by atoms with Gasteiger partial charge in [-0.05, 0) is 55.3 Å². The molecule has 0 saturated carbocycles. The average molecular weight is 634 g/mol. The second-order valence-electron chi connectivity index (χ2n) is 12.3. The van der Waals surface area contributed by atoms with Crippen LogP contribution in [0.25, 0.3) is 11.2 Å². The number of ether oxygens (including phenoxy) is 3. The highest BCUT2D eigenvalue weighted by Crippen LogP contribution is 2.33. The normalized spacial score (nSPS) is 22.9. The number of alkyl carbamates (subject to hydrolysis) is 1. The van der Waals surface area contributed by atoms with E-state index in [1.165, 1.54) is 4.31 Å². The van der Waals surface area contributed by atoms with Gasteiger partial charge in [0.15, 0.2) is 17.5 Å². The second-order valence-corrected chi connectivity index (χ2v) is 14.1. The smallest absolute Gasteiger partial charge is 0.407 e. The molecule has 13 heteroatoms. The molecule has 5 rings (SSSR count). The number of nitrogens with two attached hydrogens (primary N) is 1. The van der Waals surface area contributed by atoms with Crippen LogP contribution in [0.1, 0.15) is 38.7 Å². The lowest BCUT2D eigenvalue weighted by molar-refractivity contribution is -0.0907. The molecule has 44 heavy (non-hydrogen) atoms. The maximum atomic E-state index is 14.1. The number of aliphatic hydroxyl groups excluding tert-OH is 1. The van der Waals surface area contributed by atoms with Crippen molar-refractivity contribution in [3.05, 3.63) is 65.1 Å². The first kappa shape index (κ1) is 32.5. The number of nitrogens with one attached hydrogen (secondary N) is 1. The van der Waals surface area contributed by atoms with Gasteiger partial charge in [-0.25, -0.2) is 13.3 Å². The molecule has 0 bridgehead atoms. The molecule has 4 unspecified atom stereocenters. The Morgan fingerprint density at radius 2 is 1.82 bits per heavy atom. The van der Waals surface area contributed by atoms with Crippen molar-refractivity contribution in [2.45, 2.75) is 64.1 Å². The van der Waals surface area contributed by atoms with Crippen LogP contribution in [0.5, 0.6) is 0 Å². The minimum absolute atomic E-state index is 0.0453.